The lowest BCUT2D eigenvalue weighted by molar-refractivity contribution is -0.117. The Balaban J connectivity index is 1.52. The van der Waals surface area contributed by atoms with Crippen molar-refractivity contribution in [3.63, 3.8) is 0 Å². The van der Waals surface area contributed by atoms with E-state index in [0.29, 0.717) is 17.3 Å². The number of hydrogen-bond donors (Lipinski definition) is 2. The molecule has 0 aliphatic rings. The van der Waals surface area contributed by atoms with Crippen LogP contribution in [0.2, 0.25) is 0 Å². The smallest absolute Gasteiger partial charge is 0.338 e. The predicted octanol–water partition coefficient (Wildman–Crippen LogP) is 5.49. The number of carbonyl (C=O) groups is 2. The molecule has 4 aromatic rings. The first-order valence-electron chi connectivity index (χ1n) is 15.0. The number of amides is 1. The van der Waals surface area contributed by atoms with Crippen LogP contribution < -0.4 is 11.1 Å². The van der Waals surface area contributed by atoms with E-state index < -0.39 is 49.2 Å². The first kappa shape index (κ1) is 14.3. The fourth-order valence-corrected chi connectivity index (χ4v) is 3.49. The summed E-state index contributed by atoms with van der Waals surface area (Å²) < 4.78 is 75.5. The summed E-state index contributed by atoms with van der Waals surface area (Å²) in [4.78, 5) is 26.0. The average molecular weight is 462 g/mol. The molecule has 5 heteroatoms. The van der Waals surface area contributed by atoms with Crippen LogP contribution in [0.3, 0.4) is 0 Å². The highest BCUT2D eigenvalue weighted by atomic mass is 16.5. The summed E-state index contributed by atoms with van der Waals surface area (Å²) >= 11 is 0. The van der Waals surface area contributed by atoms with E-state index in [1.165, 1.54) is 24.3 Å². The lowest BCUT2D eigenvalue weighted by atomic mass is 9.97. The molecule has 5 nitrogen and oxygen atoms in total. The largest absolute Gasteiger partial charge is 0.457 e. The van der Waals surface area contributed by atoms with E-state index in [-0.39, 0.29) is 17.7 Å². The quantitative estimate of drug-likeness (QED) is 0.356. The van der Waals surface area contributed by atoms with Gasteiger partial charge in [-0.05, 0) is 59.4 Å². The topological polar surface area (TPSA) is 81.4 Å². The van der Waals surface area contributed by atoms with Gasteiger partial charge in [-0.2, -0.15) is 0 Å². The second-order valence-corrected chi connectivity index (χ2v) is 7.62. The first-order chi connectivity index (χ1) is 20.0. The molecule has 34 heavy (non-hydrogen) atoms. The number of aryl methyl sites for hydroxylation is 2. The number of nitrogens with two attached hydrogens (primary N) is 1. The molecule has 0 fully saturated rings. The van der Waals surface area contributed by atoms with Crippen molar-refractivity contribution in [2.24, 2.45) is 5.73 Å². The van der Waals surface area contributed by atoms with Crippen molar-refractivity contribution in [2.45, 2.75) is 26.2 Å². The number of hydrogen-bond acceptors (Lipinski definition) is 4. The van der Waals surface area contributed by atoms with Gasteiger partial charge in [0.15, 0.2) is 0 Å². The lowest BCUT2D eigenvalue weighted by Gasteiger charge is -2.16. The second-order valence-electron chi connectivity index (χ2n) is 7.62. The van der Waals surface area contributed by atoms with Crippen LogP contribution in [0.15, 0.2) is 84.9 Å². The van der Waals surface area contributed by atoms with Crippen LogP contribution in [0.5, 0.6) is 0 Å². The van der Waals surface area contributed by atoms with Crippen LogP contribution in [0.25, 0.3) is 10.8 Å². The van der Waals surface area contributed by atoms with Crippen molar-refractivity contribution < 1.29 is 26.7 Å². The molecule has 4 rings (SSSR count). The normalized spacial score (nSPS) is 16.8. The lowest BCUT2D eigenvalue weighted by Crippen LogP contribution is -2.27. The van der Waals surface area contributed by atoms with Crippen molar-refractivity contribution in [2.75, 3.05) is 11.9 Å². The summed E-state index contributed by atoms with van der Waals surface area (Å²) in [6, 6.07) is 19.4. The third kappa shape index (κ3) is 5.33. The Morgan fingerprint density at radius 1 is 1.03 bits per heavy atom. The van der Waals surface area contributed by atoms with Crippen molar-refractivity contribution in [1.82, 2.24) is 0 Å². The highest BCUT2D eigenvalue weighted by Crippen LogP contribution is 2.22. The van der Waals surface area contributed by atoms with Crippen LogP contribution in [-0.2, 0) is 16.1 Å². The van der Waals surface area contributed by atoms with Crippen molar-refractivity contribution >= 4 is 28.3 Å². The summed E-state index contributed by atoms with van der Waals surface area (Å²) in [7, 11) is 0. The summed E-state index contributed by atoms with van der Waals surface area (Å²) in [5.41, 5.74) is 5.47. The third-order valence-corrected chi connectivity index (χ3v) is 5.30. The molecule has 0 unspecified atom stereocenters. The minimum Gasteiger partial charge on any atom is -0.457 e. The van der Waals surface area contributed by atoms with E-state index in [1.807, 2.05) is 6.07 Å². The van der Waals surface area contributed by atoms with Gasteiger partial charge in [0.2, 0.25) is 5.91 Å². The molecule has 0 saturated carbocycles. The van der Waals surface area contributed by atoms with Gasteiger partial charge in [0, 0.05) is 20.5 Å². The number of benzene rings is 4. The molecular formula is C29H28N2O3. The standard InChI is InChI=1S/C29H28N2O3/c1-19-7-14-26(20(2)15-19)29(33)34-18-21-8-10-23(11-9-21)27(17-30)28(32)31-25-13-12-22-5-3-4-6-24(22)16-25/h3-16,27H,17-18,30H2,1-2H3,(H,31,32)/t27-/m1/s1/i1D3,2D3,5D,18D2. The Labute approximate surface area is 212 Å². The van der Waals surface area contributed by atoms with Crippen LogP contribution in [0.1, 0.15) is 50.9 Å². The Morgan fingerprint density at radius 3 is 2.65 bits per heavy atom. The maximum atomic E-state index is 13.1. The number of esters is 1. The van der Waals surface area contributed by atoms with E-state index in [1.54, 1.807) is 30.3 Å². The maximum Gasteiger partial charge on any atom is 0.338 e. The van der Waals surface area contributed by atoms with Gasteiger partial charge in [-0.1, -0.05) is 72.3 Å². The highest BCUT2D eigenvalue weighted by molar-refractivity contribution is 5.98. The average Bonchev–Trinajstić information content (AvgIpc) is 2.92. The molecule has 0 aliphatic carbocycles. The Bertz CT molecular complexity index is 1670. The summed E-state index contributed by atoms with van der Waals surface area (Å²) in [5.74, 6) is -2.48. The zero-order valence-electron chi connectivity index (χ0n) is 27.1. The molecule has 0 spiro atoms. The van der Waals surface area contributed by atoms with Gasteiger partial charge < -0.3 is 15.8 Å². The summed E-state index contributed by atoms with van der Waals surface area (Å²) in [5, 5.41) is 4.34. The summed E-state index contributed by atoms with van der Waals surface area (Å²) in [6.45, 7) is -8.23. The monoisotopic (exact) mass is 461 g/mol. The van der Waals surface area contributed by atoms with E-state index in [2.05, 4.69) is 5.32 Å². The molecular weight excluding hydrogens is 424 g/mol. The van der Waals surface area contributed by atoms with Gasteiger partial charge in [0.05, 0.1) is 15.6 Å². The summed E-state index contributed by atoms with van der Waals surface area (Å²) in [6.07, 6.45) is 0. The molecule has 172 valence electrons. The number of fused-ring (bicyclic) bond motifs is 1. The molecule has 1 atom stereocenters. The van der Waals surface area contributed by atoms with E-state index in [9.17, 15) is 9.59 Å². The van der Waals surface area contributed by atoms with Gasteiger partial charge in [-0.15, -0.1) is 0 Å². The zero-order valence-corrected chi connectivity index (χ0v) is 18.1. The molecule has 0 aliphatic heterocycles. The number of carbonyl (C=O) groups excluding carboxylic acids is 2. The minimum atomic E-state index is -2.86. The van der Waals surface area contributed by atoms with E-state index in [0.717, 1.165) is 29.0 Å². The molecule has 4 aromatic carbocycles. The fraction of sp³-hybridized carbons (Fsp3) is 0.172. The predicted molar refractivity (Wildman–Crippen MR) is 136 cm³/mol. The molecule has 0 radical (unpaired) electrons. The number of rotatable bonds is 7. The van der Waals surface area contributed by atoms with E-state index in [4.69, 9.17) is 22.8 Å². The van der Waals surface area contributed by atoms with Crippen LogP contribution in [-0.4, -0.2) is 18.4 Å². The molecule has 3 N–H and O–H groups in total. The van der Waals surface area contributed by atoms with Gasteiger partial charge >= 0.3 is 5.97 Å². The fourth-order valence-electron chi connectivity index (χ4n) is 3.49. The first-order valence-corrected chi connectivity index (χ1v) is 10.5. The van der Waals surface area contributed by atoms with Gasteiger partial charge in [0.25, 0.3) is 0 Å². The minimum absolute atomic E-state index is 0.0539. The SMILES string of the molecule is [2H]c1cccc2cc(NC(=O)[C@H](CN)c3ccc(C([2H])([2H])OC(=O)c4ccc(C([2H])([2H])[2H])cc4C([2H])([2H])[2H])cc3)ccc12. The third-order valence-electron chi connectivity index (χ3n) is 5.30. The Kier molecular flexibility index (Phi) is 4.35. The molecule has 0 saturated heterocycles. The van der Waals surface area contributed by atoms with Gasteiger partial charge in [-0.3, -0.25) is 4.79 Å². The van der Waals surface area contributed by atoms with Crippen molar-refractivity contribution in [1.29, 1.82) is 0 Å². The van der Waals surface area contributed by atoms with E-state index >= 15 is 0 Å². The molecule has 1 amide bonds. The number of anilines is 1. The second kappa shape index (κ2) is 10.3. The molecule has 0 bridgehead atoms. The molecule has 0 heterocycles. The zero-order chi connectivity index (χ0) is 31.7. The van der Waals surface area contributed by atoms with Crippen LogP contribution in [0, 0.1) is 13.7 Å². The Hall–Kier alpha value is -3.96. The van der Waals surface area contributed by atoms with Crippen LogP contribution >= 0.6 is 0 Å². The molecule has 0 aromatic heterocycles. The van der Waals surface area contributed by atoms with Crippen LogP contribution in [0.4, 0.5) is 5.69 Å². The highest BCUT2D eigenvalue weighted by Gasteiger charge is 2.19. The number of nitrogens with one attached hydrogen (secondary N) is 1. The van der Waals surface area contributed by atoms with Crippen molar-refractivity contribution in [3.8, 4) is 0 Å². The number of ether oxygens (including phenoxy) is 1. The Morgan fingerprint density at radius 2 is 1.88 bits per heavy atom. The van der Waals surface area contributed by atoms with Gasteiger partial charge in [0.1, 0.15) is 6.56 Å². The van der Waals surface area contributed by atoms with Gasteiger partial charge in [-0.25, -0.2) is 4.79 Å². The van der Waals surface area contributed by atoms with Crippen molar-refractivity contribution in [3.05, 3.63) is 113 Å². The maximum absolute atomic E-state index is 13.1.